The van der Waals surface area contributed by atoms with Gasteiger partial charge in [0.1, 0.15) is 29.1 Å². The molecule has 0 radical (unpaired) electrons. The van der Waals surface area contributed by atoms with Gasteiger partial charge < -0.3 is 24.8 Å². The molecule has 1 aliphatic rings. The predicted molar refractivity (Wildman–Crippen MR) is 134 cm³/mol. The van der Waals surface area contributed by atoms with E-state index in [-0.39, 0.29) is 26.9 Å². The number of rotatable bonds is 6. The molecule has 2 aromatic heterocycles. The summed E-state index contributed by atoms with van der Waals surface area (Å²) in [5, 5.41) is 2.76. The van der Waals surface area contributed by atoms with E-state index in [0.717, 1.165) is 38.1 Å². The Morgan fingerprint density at radius 1 is 1.20 bits per heavy atom. The van der Waals surface area contributed by atoms with Crippen LogP contribution in [0.5, 0.6) is 5.75 Å². The van der Waals surface area contributed by atoms with Gasteiger partial charge in [-0.15, -0.1) is 0 Å². The lowest BCUT2D eigenvalue weighted by Crippen LogP contribution is -2.44. The molecule has 1 aliphatic heterocycles. The van der Waals surface area contributed by atoms with Crippen LogP contribution in [-0.4, -0.2) is 54.0 Å². The number of aromatic amines is 1. The van der Waals surface area contributed by atoms with Crippen molar-refractivity contribution in [3.63, 3.8) is 0 Å². The molecule has 11 heteroatoms. The van der Waals surface area contributed by atoms with Gasteiger partial charge >= 0.3 is 0 Å². The second kappa shape index (κ2) is 10.6. The van der Waals surface area contributed by atoms with Crippen LogP contribution < -0.4 is 20.5 Å². The van der Waals surface area contributed by atoms with Gasteiger partial charge in [0.05, 0.1) is 16.9 Å². The third-order valence-corrected chi connectivity index (χ3v) is 6.47. The van der Waals surface area contributed by atoms with Gasteiger partial charge in [0.15, 0.2) is 0 Å². The van der Waals surface area contributed by atoms with Crippen LogP contribution in [0, 0.1) is 5.82 Å². The number of piperazine rings is 1. The Morgan fingerprint density at radius 2 is 1.94 bits per heavy atom. The van der Waals surface area contributed by atoms with Gasteiger partial charge in [0.25, 0.3) is 11.5 Å². The number of hydrogen-bond acceptors (Lipinski definition) is 6. The smallest absolute Gasteiger partial charge is 0.261 e. The number of aromatic nitrogens is 2. The standard InChI is InChI=1S/C24H24Cl2FN5O3/c1-14(21-18(25)4-5-19(27)22(21)26)35-16-11-17(23(33)29-13-16)24(34)30-15-3-6-20(28-12-15)32-9-7-31(2)8-10-32/h3-6,11-14H,7-10H2,1-2H3,(H,29,33)(H,30,34)/t14-/m1/s1. The van der Waals surface area contributed by atoms with Crippen LogP contribution >= 0.6 is 23.2 Å². The van der Waals surface area contributed by atoms with Gasteiger partial charge in [-0.2, -0.15) is 0 Å². The van der Waals surface area contributed by atoms with Crippen LogP contribution in [0.1, 0.15) is 28.9 Å². The van der Waals surface area contributed by atoms with E-state index in [9.17, 15) is 14.0 Å². The number of H-pyrrole nitrogens is 1. The van der Waals surface area contributed by atoms with Crippen LogP contribution in [0.3, 0.4) is 0 Å². The summed E-state index contributed by atoms with van der Waals surface area (Å²) in [6, 6.07) is 7.42. The van der Waals surface area contributed by atoms with E-state index in [4.69, 9.17) is 27.9 Å². The number of pyridine rings is 2. The maximum atomic E-state index is 13.9. The molecule has 0 spiro atoms. The van der Waals surface area contributed by atoms with Gasteiger partial charge in [0.2, 0.25) is 0 Å². The normalized spacial score (nSPS) is 15.1. The number of hydrogen-bond donors (Lipinski definition) is 2. The number of benzene rings is 1. The van der Waals surface area contributed by atoms with Crippen molar-refractivity contribution in [2.75, 3.05) is 43.4 Å². The molecule has 35 heavy (non-hydrogen) atoms. The van der Waals surface area contributed by atoms with E-state index in [2.05, 4.69) is 32.1 Å². The molecule has 3 aromatic rings. The van der Waals surface area contributed by atoms with Crippen molar-refractivity contribution in [1.82, 2.24) is 14.9 Å². The molecule has 1 atom stereocenters. The minimum atomic E-state index is -0.751. The summed E-state index contributed by atoms with van der Waals surface area (Å²) < 4.78 is 19.7. The van der Waals surface area contributed by atoms with Crippen molar-refractivity contribution < 1.29 is 13.9 Å². The average molecular weight is 520 g/mol. The summed E-state index contributed by atoms with van der Waals surface area (Å²) in [7, 11) is 2.08. The molecule has 184 valence electrons. The Hall–Kier alpha value is -3.14. The van der Waals surface area contributed by atoms with E-state index >= 15 is 0 Å². The highest BCUT2D eigenvalue weighted by molar-refractivity contribution is 6.36. The number of anilines is 2. The van der Waals surface area contributed by atoms with Gasteiger partial charge in [-0.05, 0) is 38.2 Å². The third kappa shape index (κ3) is 5.75. The van der Waals surface area contributed by atoms with E-state index in [1.54, 1.807) is 19.2 Å². The Morgan fingerprint density at radius 3 is 2.63 bits per heavy atom. The van der Waals surface area contributed by atoms with Crippen LogP contribution in [0.2, 0.25) is 10.0 Å². The molecule has 0 aliphatic carbocycles. The molecule has 1 aromatic carbocycles. The molecular formula is C24H24Cl2FN5O3. The first-order chi connectivity index (χ1) is 16.7. The Balaban J connectivity index is 1.46. The monoisotopic (exact) mass is 519 g/mol. The summed E-state index contributed by atoms with van der Waals surface area (Å²) in [6.45, 7) is 5.30. The summed E-state index contributed by atoms with van der Waals surface area (Å²) in [5.41, 5.74) is -0.0389. The summed E-state index contributed by atoms with van der Waals surface area (Å²) >= 11 is 12.2. The molecule has 1 amide bonds. The Labute approximate surface area is 211 Å². The van der Waals surface area contributed by atoms with Crippen molar-refractivity contribution in [3.8, 4) is 5.75 Å². The maximum absolute atomic E-state index is 13.9. The largest absolute Gasteiger partial charge is 0.484 e. The zero-order chi connectivity index (χ0) is 25.1. The first-order valence-electron chi connectivity index (χ1n) is 11.0. The van der Waals surface area contributed by atoms with E-state index in [1.165, 1.54) is 18.3 Å². The fraction of sp³-hybridized carbons (Fsp3) is 0.292. The van der Waals surface area contributed by atoms with Crippen LogP contribution in [0.4, 0.5) is 15.9 Å². The lowest BCUT2D eigenvalue weighted by molar-refractivity contribution is 0.102. The SMILES string of the molecule is C[C@@H](Oc1c[nH]c(=O)c(C(=O)Nc2ccc(N3CCN(C)CC3)nc2)c1)c1c(Cl)ccc(F)c1Cl. The second-order valence-corrected chi connectivity index (χ2v) is 9.03. The highest BCUT2D eigenvalue weighted by atomic mass is 35.5. The van der Waals surface area contributed by atoms with Crippen LogP contribution in [-0.2, 0) is 0 Å². The molecular weight excluding hydrogens is 496 g/mol. The summed E-state index contributed by atoms with van der Waals surface area (Å²) in [5.74, 6) is -0.245. The molecule has 0 unspecified atom stereocenters. The maximum Gasteiger partial charge on any atom is 0.261 e. The van der Waals surface area contributed by atoms with E-state index in [0.29, 0.717) is 5.69 Å². The lowest BCUT2D eigenvalue weighted by atomic mass is 10.1. The summed E-state index contributed by atoms with van der Waals surface area (Å²) in [4.78, 5) is 36.5. The molecule has 1 fully saturated rings. The summed E-state index contributed by atoms with van der Waals surface area (Å²) in [6.07, 6.45) is 2.11. The number of carbonyl (C=O) groups excluding carboxylic acids is 1. The molecule has 8 nitrogen and oxygen atoms in total. The zero-order valence-corrected chi connectivity index (χ0v) is 20.7. The molecule has 0 bridgehead atoms. The lowest BCUT2D eigenvalue weighted by Gasteiger charge is -2.33. The minimum absolute atomic E-state index is 0.153. The fourth-order valence-corrected chi connectivity index (χ4v) is 4.44. The van der Waals surface area contributed by atoms with Crippen molar-refractivity contribution in [2.24, 2.45) is 0 Å². The fourth-order valence-electron chi connectivity index (χ4n) is 3.76. The van der Waals surface area contributed by atoms with Gasteiger partial charge in [-0.1, -0.05) is 23.2 Å². The molecule has 4 rings (SSSR count). The molecule has 2 N–H and O–H groups in total. The van der Waals surface area contributed by atoms with Gasteiger partial charge in [-0.3, -0.25) is 9.59 Å². The number of ether oxygens (including phenoxy) is 1. The molecule has 0 saturated carbocycles. The van der Waals surface area contributed by atoms with Gasteiger partial charge in [0, 0.05) is 49.0 Å². The van der Waals surface area contributed by atoms with Crippen molar-refractivity contribution in [1.29, 1.82) is 0 Å². The van der Waals surface area contributed by atoms with Gasteiger partial charge in [-0.25, -0.2) is 9.37 Å². The van der Waals surface area contributed by atoms with Crippen LogP contribution in [0.15, 0.2) is 47.5 Å². The topological polar surface area (TPSA) is 90.6 Å². The second-order valence-electron chi connectivity index (χ2n) is 8.24. The van der Waals surface area contributed by atoms with Crippen molar-refractivity contribution in [3.05, 3.63) is 80.1 Å². The highest BCUT2D eigenvalue weighted by Crippen LogP contribution is 2.34. The Bertz CT molecular complexity index is 1280. The first-order valence-corrected chi connectivity index (χ1v) is 11.7. The highest BCUT2D eigenvalue weighted by Gasteiger charge is 2.20. The van der Waals surface area contributed by atoms with Crippen molar-refractivity contribution >= 4 is 40.6 Å². The number of nitrogens with zero attached hydrogens (tertiary/aromatic N) is 3. The number of carbonyl (C=O) groups is 1. The van der Waals surface area contributed by atoms with Crippen molar-refractivity contribution in [2.45, 2.75) is 13.0 Å². The quantitative estimate of drug-likeness (QED) is 0.470. The number of halogens is 3. The number of nitrogens with one attached hydrogen (secondary N) is 2. The van der Waals surface area contributed by atoms with Crippen LogP contribution in [0.25, 0.3) is 0 Å². The predicted octanol–water partition coefficient (Wildman–Crippen LogP) is 4.36. The molecule has 3 heterocycles. The van der Waals surface area contributed by atoms with E-state index < -0.39 is 23.4 Å². The third-order valence-electron chi connectivity index (χ3n) is 5.75. The number of likely N-dealkylation sites (N-methyl/N-ethyl adjacent to an activating group) is 1. The number of amides is 1. The first kappa shape index (κ1) is 25.0. The minimum Gasteiger partial charge on any atom is -0.484 e. The average Bonchev–Trinajstić information content (AvgIpc) is 2.84. The van der Waals surface area contributed by atoms with E-state index in [1.807, 2.05) is 6.07 Å². The zero-order valence-electron chi connectivity index (χ0n) is 19.1. The molecule has 1 saturated heterocycles. The Kier molecular flexibility index (Phi) is 7.59.